The fourth-order valence-corrected chi connectivity index (χ4v) is 2.93. The molecule has 0 aromatic heterocycles. The Morgan fingerprint density at radius 1 is 0.931 bits per heavy atom. The number of halogens is 1. The van der Waals surface area contributed by atoms with E-state index in [2.05, 4.69) is 16.0 Å². The molecular formula is C23H22ClN3O2. The van der Waals surface area contributed by atoms with Gasteiger partial charge in [0.05, 0.1) is 6.54 Å². The fraction of sp³-hybridized carbons (Fsp3) is 0.130. The molecule has 3 rings (SSSR count). The van der Waals surface area contributed by atoms with Crippen molar-refractivity contribution in [1.82, 2.24) is 5.32 Å². The van der Waals surface area contributed by atoms with E-state index >= 15 is 0 Å². The summed E-state index contributed by atoms with van der Waals surface area (Å²) in [5.74, 6) is -0.370. The second-order valence-electron chi connectivity index (χ2n) is 6.61. The van der Waals surface area contributed by atoms with E-state index in [0.29, 0.717) is 28.5 Å². The zero-order valence-corrected chi connectivity index (χ0v) is 16.8. The molecule has 148 valence electrons. The Morgan fingerprint density at radius 3 is 2.52 bits per heavy atom. The first-order chi connectivity index (χ1) is 14.0. The van der Waals surface area contributed by atoms with Crippen LogP contribution < -0.4 is 16.0 Å². The van der Waals surface area contributed by atoms with Crippen molar-refractivity contribution in [2.24, 2.45) is 0 Å². The second kappa shape index (κ2) is 9.75. The van der Waals surface area contributed by atoms with E-state index < -0.39 is 0 Å². The van der Waals surface area contributed by atoms with Crippen molar-refractivity contribution < 1.29 is 9.59 Å². The summed E-state index contributed by atoms with van der Waals surface area (Å²) in [6.45, 7) is 2.43. The van der Waals surface area contributed by atoms with Crippen LogP contribution in [0.4, 0.5) is 11.4 Å². The van der Waals surface area contributed by atoms with Gasteiger partial charge in [0.1, 0.15) is 0 Å². The van der Waals surface area contributed by atoms with Crippen molar-refractivity contribution in [2.45, 2.75) is 13.5 Å². The summed E-state index contributed by atoms with van der Waals surface area (Å²) >= 11 is 5.98. The van der Waals surface area contributed by atoms with Crippen molar-refractivity contribution in [2.75, 3.05) is 17.2 Å². The minimum Gasteiger partial charge on any atom is -0.376 e. The molecule has 0 fully saturated rings. The maximum atomic E-state index is 12.4. The summed E-state index contributed by atoms with van der Waals surface area (Å²) < 4.78 is 0. The maximum absolute atomic E-state index is 12.4. The molecule has 0 heterocycles. The fourth-order valence-electron chi connectivity index (χ4n) is 2.76. The lowest BCUT2D eigenvalue weighted by Crippen LogP contribution is -2.24. The molecule has 0 aliphatic carbocycles. The van der Waals surface area contributed by atoms with Crippen LogP contribution in [0.2, 0.25) is 5.02 Å². The Bertz CT molecular complexity index is 1010. The average Bonchev–Trinajstić information content (AvgIpc) is 2.74. The van der Waals surface area contributed by atoms with Gasteiger partial charge in [-0.05, 0) is 48.4 Å². The molecule has 0 aliphatic rings. The molecule has 0 aliphatic heterocycles. The Hall–Kier alpha value is -3.31. The Labute approximate surface area is 175 Å². The summed E-state index contributed by atoms with van der Waals surface area (Å²) in [6, 6.07) is 22.1. The van der Waals surface area contributed by atoms with Gasteiger partial charge in [-0.15, -0.1) is 0 Å². The van der Waals surface area contributed by atoms with Crippen LogP contribution in [-0.2, 0) is 11.3 Å². The topological polar surface area (TPSA) is 70.2 Å². The molecule has 3 aromatic rings. The zero-order valence-electron chi connectivity index (χ0n) is 16.0. The van der Waals surface area contributed by atoms with Gasteiger partial charge >= 0.3 is 0 Å². The molecule has 0 bridgehead atoms. The summed E-state index contributed by atoms with van der Waals surface area (Å²) in [7, 11) is 0. The summed E-state index contributed by atoms with van der Waals surface area (Å²) in [5.41, 5.74) is 3.86. The standard InChI is InChI=1S/C23H22ClN3O2/c1-16-10-11-19(24)13-21(16)27-22(28)15-25-20-9-5-8-18(12-20)23(29)26-14-17-6-3-2-4-7-17/h2-13,25H,14-15H2,1H3,(H,26,29)(H,27,28). The minimum atomic E-state index is -0.200. The van der Waals surface area contributed by atoms with Gasteiger partial charge in [0.2, 0.25) is 5.91 Å². The lowest BCUT2D eigenvalue weighted by Gasteiger charge is -2.11. The number of nitrogens with one attached hydrogen (secondary N) is 3. The Balaban J connectivity index is 1.54. The van der Waals surface area contributed by atoms with Gasteiger partial charge < -0.3 is 16.0 Å². The van der Waals surface area contributed by atoms with E-state index in [1.165, 1.54) is 0 Å². The van der Waals surface area contributed by atoms with Gasteiger partial charge in [-0.3, -0.25) is 9.59 Å². The highest BCUT2D eigenvalue weighted by Crippen LogP contribution is 2.20. The van der Waals surface area contributed by atoms with Gasteiger partial charge in [0.25, 0.3) is 5.91 Å². The third-order valence-corrected chi connectivity index (χ3v) is 4.58. The molecule has 5 nitrogen and oxygen atoms in total. The molecule has 0 saturated carbocycles. The van der Waals surface area contributed by atoms with E-state index in [0.717, 1.165) is 11.1 Å². The molecule has 3 aromatic carbocycles. The smallest absolute Gasteiger partial charge is 0.251 e. The first-order valence-corrected chi connectivity index (χ1v) is 9.61. The van der Waals surface area contributed by atoms with Crippen LogP contribution in [0.25, 0.3) is 0 Å². The van der Waals surface area contributed by atoms with Crippen molar-refractivity contribution in [3.8, 4) is 0 Å². The van der Waals surface area contributed by atoms with Crippen LogP contribution in [0.3, 0.4) is 0 Å². The molecule has 0 unspecified atom stereocenters. The summed E-state index contributed by atoms with van der Waals surface area (Å²) in [5, 5.41) is 9.33. The number of benzene rings is 3. The largest absolute Gasteiger partial charge is 0.376 e. The highest BCUT2D eigenvalue weighted by molar-refractivity contribution is 6.31. The summed E-state index contributed by atoms with van der Waals surface area (Å²) in [4.78, 5) is 24.6. The monoisotopic (exact) mass is 407 g/mol. The maximum Gasteiger partial charge on any atom is 0.251 e. The quantitative estimate of drug-likeness (QED) is 0.534. The van der Waals surface area contributed by atoms with Crippen molar-refractivity contribution in [3.63, 3.8) is 0 Å². The number of carbonyl (C=O) groups is 2. The highest BCUT2D eigenvalue weighted by atomic mass is 35.5. The molecule has 0 atom stereocenters. The number of anilines is 2. The van der Waals surface area contributed by atoms with Crippen LogP contribution in [-0.4, -0.2) is 18.4 Å². The van der Waals surface area contributed by atoms with Crippen molar-refractivity contribution in [1.29, 1.82) is 0 Å². The number of carbonyl (C=O) groups excluding carboxylic acids is 2. The van der Waals surface area contributed by atoms with E-state index in [-0.39, 0.29) is 18.4 Å². The SMILES string of the molecule is Cc1ccc(Cl)cc1NC(=O)CNc1cccc(C(=O)NCc2ccccc2)c1. The molecule has 0 radical (unpaired) electrons. The van der Waals surface area contributed by atoms with Gasteiger partial charge in [-0.2, -0.15) is 0 Å². The second-order valence-corrected chi connectivity index (χ2v) is 7.05. The molecule has 0 saturated heterocycles. The minimum absolute atomic E-state index is 0.0705. The van der Waals surface area contributed by atoms with E-state index in [1.807, 2.05) is 49.4 Å². The number of hydrogen-bond acceptors (Lipinski definition) is 3. The Kier molecular flexibility index (Phi) is 6.87. The van der Waals surface area contributed by atoms with E-state index in [9.17, 15) is 9.59 Å². The predicted octanol–water partition coefficient (Wildman–Crippen LogP) is 4.63. The normalized spacial score (nSPS) is 10.3. The van der Waals surface area contributed by atoms with E-state index in [4.69, 9.17) is 11.6 Å². The molecule has 29 heavy (non-hydrogen) atoms. The van der Waals surface area contributed by atoms with Gasteiger partial charge in [0.15, 0.2) is 0 Å². The number of amides is 2. The van der Waals surface area contributed by atoms with Crippen LogP contribution in [0, 0.1) is 6.92 Å². The van der Waals surface area contributed by atoms with Gasteiger partial charge in [0, 0.05) is 28.5 Å². The highest BCUT2D eigenvalue weighted by Gasteiger charge is 2.08. The zero-order chi connectivity index (χ0) is 20.6. The Morgan fingerprint density at radius 2 is 1.72 bits per heavy atom. The van der Waals surface area contributed by atoms with Crippen LogP contribution >= 0.6 is 11.6 Å². The first-order valence-electron chi connectivity index (χ1n) is 9.23. The van der Waals surface area contributed by atoms with Crippen LogP contribution in [0.15, 0.2) is 72.8 Å². The van der Waals surface area contributed by atoms with Crippen molar-refractivity contribution in [3.05, 3.63) is 94.5 Å². The van der Waals surface area contributed by atoms with Crippen LogP contribution in [0.5, 0.6) is 0 Å². The lowest BCUT2D eigenvalue weighted by atomic mass is 10.1. The van der Waals surface area contributed by atoms with Crippen LogP contribution in [0.1, 0.15) is 21.5 Å². The molecular weight excluding hydrogens is 386 g/mol. The third-order valence-electron chi connectivity index (χ3n) is 4.35. The molecule has 6 heteroatoms. The molecule has 2 amide bonds. The van der Waals surface area contributed by atoms with Gasteiger partial charge in [-0.25, -0.2) is 0 Å². The summed E-state index contributed by atoms with van der Waals surface area (Å²) in [6.07, 6.45) is 0. The molecule has 3 N–H and O–H groups in total. The lowest BCUT2D eigenvalue weighted by molar-refractivity contribution is -0.114. The number of rotatable bonds is 7. The van der Waals surface area contributed by atoms with Crippen molar-refractivity contribution >= 4 is 34.8 Å². The predicted molar refractivity (Wildman–Crippen MR) is 117 cm³/mol. The first kappa shape index (κ1) is 20.4. The third kappa shape index (κ3) is 6.09. The van der Waals surface area contributed by atoms with Gasteiger partial charge in [-0.1, -0.05) is 54.1 Å². The van der Waals surface area contributed by atoms with E-state index in [1.54, 1.807) is 30.3 Å². The number of aryl methyl sites for hydroxylation is 1. The molecule has 0 spiro atoms. The number of hydrogen-bond donors (Lipinski definition) is 3. The average molecular weight is 408 g/mol.